The zero-order chi connectivity index (χ0) is 13.3. The molecule has 1 N–H and O–H groups in total. The van der Waals surface area contributed by atoms with Crippen molar-refractivity contribution in [2.75, 3.05) is 18.0 Å². The van der Waals surface area contributed by atoms with Gasteiger partial charge in [0.25, 0.3) is 0 Å². The molecular weight excluding hydrogens is 294 g/mol. The highest BCUT2D eigenvalue weighted by Crippen LogP contribution is 2.31. The van der Waals surface area contributed by atoms with Gasteiger partial charge in [0.1, 0.15) is 0 Å². The molecule has 4 heteroatoms. The van der Waals surface area contributed by atoms with Gasteiger partial charge in [0.05, 0.1) is 24.0 Å². The van der Waals surface area contributed by atoms with E-state index in [4.69, 9.17) is 4.74 Å². The molecule has 0 aromatic heterocycles. The molecule has 0 aliphatic carbocycles. The fourth-order valence-corrected chi connectivity index (χ4v) is 3.06. The van der Waals surface area contributed by atoms with E-state index in [9.17, 15) is 5.11 Å². The summed E-state index contributed by atoms with van der Waals surface area (Å²) in [5, 5.41) is 9.58. The third-order valence-electron chi connectivity index (χ3n) is 3.21. The molecule has 0 spiro atoms. The van der Waals surface area contributed by atoms with Crippen molar-refractivity contribution in [1.82, 2.24) is 0 Å². The quantitative estimate of drug-likeness (QED) is 0.910. The minimum absolute atomic E-state index is 0.247. The largest absolute Gasteiger partial charge is 0.389 e. The summed E-state index contributed by atoms with van der Waals surface area (Å²) in [4.78, 5) is 2.33. The maximum atomic E-state index is 9.58. The molecule has 0 bridgehead atoms. The molecule has 2 rings (SSSR count). The molecule has 18 heavy (non-hydrogen) atoms. The van der Waals surface area contributed by atoms with Gasteiger partial charge in [-0.3, -0.25) is 0 Å². The van der Waals surface area contributed by atoms with Crippen LogP contribution >= 0.6 is 15.9 Å². The second-order valence-corrected chi connectivity index (χ2v) is 5.90. The summed E-state index contributed by atoms with van der Waals surface area (Å²) in [5.74, 6) is 0. The minimum Gasteiger partial charge on any atom is -0.389 e. The van der Waals surface area contributed by atoms with Crippen molar-refractivity contribution in [3.63, 3.8) is 0 Å². The van der Waals surface area contributed by atoms with Crippen LogP contribution in [-0.2, 0) is 4.74 Å². The normalized spacial score (nSPS) is 26.2. The molecule has 3 atom stereocenters. The summed E-state index contributed by atoms with van der Waals surface area (Å²) in [6.07, 6.45) is 0.0621. The lowest BCUT2D eigenvalue weighted by molar-refractivity contribution is -0.00526. The van der Waals surface area contributed by atoms with Crippen molar-refractivity contribution in [3.05, 3.63) is 28.2 Å². The molecule has 0 amide bonds. The number of aliphatic hydroxyl groups excluding tert-OH is 1. The first kappa shape index (κ1) is 13.8. The van der Waals surface area contributed by atoms with E-state index in [1.165, 1.54) is 5.69 Å². The van der Waals surface area contributed by atoms with Crippen molar-refractivity contribution in [1.29, 1.82) is 0 Å². The molecule has 1 aromatic rings. The van der Waals surface area contributed by atoms with Crippen LogP contribution in [0.2, 0.25) is 0 Å². The summed E-state index contributed by atoms with van der Waals surface area (Å²) in [6, 6.07) is 6.04. The van der Waals surface area contributed by atoms with Gasteiger partial charge in [0.15, 0.2) is 0 Å². The molecule has 1 aromatic carbocycles. The number of anilines is 1. The van der Waals surface area contributed by atoms with Crippen LogP contribution in [0.3, 0.4) is 0 Å². The van der Waals surface area contributed by atoms with Crippen molar-refractivity contribution >= 4 is 21.6 Å². The summed E-state index contributed by atoms with van der Waals surface area (Å²) < 4.78 is 6.77. The van der Waals surface area contributed by atoms with Crippen molar-refractivity contribution in [2.24, 2.45) is 0 Å². The molecule has 2 unspecified atom stereocenters. The first-order valence-corrected chi connectivity index (χ1v) is 7.14. The monoisotopic (exact) mass is 313 g/mol. The Bertz CT molecular complexity index is 412. The predicted molar refractivity (Wildman–Crippen MR) is 77.0 cm³/mol. The number of morpholine rings is 1. The van der Waals surface area contributed by atoms with E-state index >= 15 is 0 Å². The van der Waals surface area contributed by atoms with E-state index in [1.54, 1.807) is 6.92 Å². The van der Waals surface area contributed by atoms with E-state index in [1.807, 2.05) is 12.1 Å². The third kappa shape index (κ3) is 3.05. The van der Waals surface area contributed by atoms with Gasteiger partial charge < -0.3 is 14.7 Å². The SMILES string of the molecule is CC1CN(c2ccc([C@@H](C)O)cc2Br)CC(C)O1. The van der Waals surface area contributed by atoms with Gasteiger partial charge >= 0.3 is 0 Å². The number of nitrogens with zero attached hydrogens (tertiary/aromatic N) is 1. The Labute approximate surface area is 117 Å². The highest BCUT2D eigenvalue weighted by atomic mass is 79.9. The average molecular weight is 314 g/mol. The second kappa shape index (κ2) is 5.59. The van der Waals surface area contributed by atoms with Crippen LogP contribution in [0.15, 0.2) is 22.7 Å². The minimum atomic E-state index is -0.433. The van der Waals surface area contributed by atoms with E-state index in [-0.39, 0.29) is 12.2 Å². The van der Waals surface area contributed by atoms with Crippen LogP contribution in [0.4, 0.5) is 5.69 Å². The molecule has 1 aliphatic heterocycles. The molecule has 0 saturated carbocycles. The number of ether oxygens (including phenoxy) is 1. The lowest BCUT2D eigenvalue weighted by Crippen LogP contribution is -2.45. The topological polar surface area (TPSA) is 32.7 Å². The standard InChI is InChI=1S/C14H20BrNO2/c1-9-7-16(8-10(2)18-9)14-5-4-12(11(3)17)6-13(14)15/h4-6,9-11,17H,7-8H2,1-3H3/t9?,10?,11-/m1/s1. The highest BCUT2D eigenvalue weighted by Gasteiger charge is 2.23. The maximum absolute atomic E-state index is 9.58. The Balaban J connectivity index is 2.22. The Morgan fingerprint density at radius 1 is 1.33 bits per heavy atom. The lowest BCUT2D eigenvalue weighted by atomic mass is 10.1. The predicted octanol–water partition coefficient (Wildman–Crippen LogP) is 3.12. The van der Waals surface area contributed by atoms with Crippen LogP contribution in [0.25, 0.3) is 0 Å². The fourth-order valence-electron chi connectivity index (χ4n) is 2.41. The van der Waals surface area contributed by atoms with E-state index in [2.05, 4.69) is 40.7 Å². The number of rotatable bonds is 2. The Morgan fingerprint density at radius 2 is 1.94 bits per heavy atom. The number of aliphatic hydroxyl groups is 1. The van der Waals surface area contributed by atoms with Gasteiger partial charge in [-0.25, -0.2) is 0 Å². The van der Waals surface area contributed by atoms with E-state index in [0.717, 1.165) is 23.1 Å². The Hall–Kier alpha value is -0.580. The smallest absolute Gasteiger partial charge is 0.0762 e. The van der Waals surface area contributed by atoms with Gasteiger partial charge in [-0.1, -0.05) is 6.07 Å². The molecule has 1 heterocycles. The van der Waals surface area contributed by atoms with Crippen molar-refractivity contribution in [3.8, 4) is 0 Å². The summed E-state index contributed by atoms with van der Waals surface area (Å²) in [5.41, 5.74) is 2.10. The van der Waals surface area contributed by atoms with Gasteiger partial charge in [-0.05, 0) is 54.4 Å². The molecule has 0 radical (unpaired) electrons. The molecule has 1 fully saturated rings. The number of halogens is 1. The third-order valence-corrected chi connectivity index (χ3v) is 3.85. The summed E-state index contributed by atoms with van der Waals surface area (Å²) in [7, 11) is 0. The fraction of sp³-hybridized carbons (Fsp3) is 0.571. The lowest BCUT2D eigenvalue weighted by Gasteiger charge is -2.37. The van der Waals surface area contributed by atoms with Crippen LogP contribution in [0.1, 0.15) is 32.4 Å². The zero-order valence-electron chi connectivity index (χ0n) is 11.1. The molecule has 1 aliphatic rings. The number of hydrogen-bond acceptors (Lipinski definition) is 3. The van der Waals surface area contributed by atoms with E-state index in [0.29, 0.717) is 0 Å². The maximum Gasteiger partial charge on any atom is 0.0762 e. The molecule has 3 nitrogen and oxygen atoms in total. The van der Waals surface area contributed by atoms with Gasteiger partial charge in [-0.2, -0.15) is 0 Å². The van der Waals surface area contributed by atoms with Gasteiger partial charge in [-0.15, -0.1) is 0 Å². The Morgan fingerprint density at radius 3 is 2.44 bits per heavy atom. The summed E-state index contributed by atoms with van der Waals surface area (Å²) in [6.45, 7) is 7.77. The van der Waals surface area contributed by atoms with Crippen molar-refractivity contribution < 1.29 is 9.84 Å². The second-order valence-electron chi connectivity index (χ2n) is 5.05. The highest BCUT2D eigenvalue weighted by molar-refractivity contribution is 9.10. The Kier molecular flexibility index (Phi) is 4.30. The van der Waals surface area contributed by atoms with Crippen LogP contribution in [0, 0.1) is 0 Å². The van der Waals surface area contributed by atoms with Crippen molar-refractivity contribution in [2.45, 2.75) is 39.1 Å². The number of benzene rings is 1. The molecular formula is C14H20BrNO2. The molecule has 100 valence electrons. The van der Waals surface area contributed by atoms with Crippen LogP contribution in [0.5, 0.6) is 0 Å². The number of hydrogen-bond donors (Lipinski definition) is 1. The first-order chi connectivity index (χ1) is 8.47. The van der Waals surface area contributed by atoms with Crippen LogP contribution in [-0.4, -0.2) is 30.4 Å². The average Bonchev–Trinajstić information content (AvgIpc) is 2.27. The zero-order valence-corrected chi connectivity index (χ0v) is 12.6. The van der Waals surface area contributed by atoms with Gasteiger partial charge in [0, 0.05) is 17.6 Å². The first-order valence-electron chi connectivity index (χ1n) is 6.35. The molecule has 1 saturated heterocycles. The summed E-state index contributed by atoms with van der Waals surface area (Å²) >= 11 is 3.60. The van der Waals surface area contributed by atoms with Crippen LogP contribution < -0.4 is 4.90 Å². The van der Waals surface area contributed by atoms with E-state index < -0.39 is 6.10 Å². The van der Waals surface area contributed by atoms with Gasteiger partial charge in [0.2, 0.25) is 0 Å².